The van der Waals surface area contributed by atoms with Crippen LogP contribution in [0.2, 0.25) is 0 Å². The summed E-state index contributed by atoms with van der Waals surface area (Å²) in [7, 11) is 0. The second-order valence-electron chi connectivity index (χ2n) is 5.16. The molecule has 0 aromatic carbocycles. The second-order valence-corrected chi connectivity index (χ2v) is 5.16. The fraction of sp³-hybridized carbons (Fsp3) is 0.800. The Balaban J connectivity index is 5.45. The van der Waals surface area contributed by atoms with Crippen LogP contribution in [-0.2, 0) is 28.8 Å². The number of ether oxygens (including phenoxy) is 2. The number of rotatable bonds is 8. The Bertz CT molecular complexity index is 702. The predicted molar refractivity (Wildman–Crippen MR) is 56.1 cm³/mol. The molecule has 0 bridgehead atoms. The molecule has 0 heterocycles. The maximum atomic E-state index is 12.9. The molecule has 0 radical (unpaired) electrons. The number of hydrogen-bond donors (Lipinski definition) is 0. The van der Waals surface area contributed by atoms with Gasteiger partial charge in [-0.05, 0) is 0 Å². The average Bonchev–Trinajstić information content (AvgIpc) is 2.54. The highest BCUT2D eigenvalue weighted by molar-refractivity contribution is 5.79. The molecule has 6 nitrogen and oxygen atoms in total. The molecule has 0 saturated carbocycles. The molecule has 0 saturated heterocycles. The molecule has 0 N–H and O–H groups in total. The molecular formula is C10F18O6. The molecular weight excluding hydrogens is 558 g/mol. The SMILES string of the molecule is O=C(OOC(=O)C(F)(F)OC(F)(F)C(F)(F)C(F)(F)F)C(F)(F)OC(F)(F)C(F)(F)C(F)(F)F. The van der Waals surface area contributed by atoms with Gasteiger partial charge in [-0.1, -0.05) is 0 Å². The summed E-state index contributed by atoms with van der Waals surface area (Å²) in [5.74, 6) is -23.2. The van der Waals surface area contributed by atoms with E-state index in [1.807, 2.05) is 0 Å². The van der Waals surface area contributed by atoms with Gasteiger partial charge in [0.15, 0.2) is 0 Å². The first-order valence-electron chi connectivity index (χ1n) is 6.70. The summed E-state index contributed by atoms with van der Waals surface area (Å²) < 4.78 is 226. The van der Waals surface area contributed by atoms with Crippen LogP contribution < -0.4 is 0 Å². The van der Waals surface area contributed by atoms with E-state index in [-0.39, 0.29) is 0 Å². The van der Waals surface area contributed by atoms with Crippen molar-refractivity contribution in [2.24, 2.45) is 0 Å². The van der Waals surface area contributed by atoms with Crippen LogP contribution in [0.15, 0.2) is 0 Å². The molecule has 0 aliphatic heterocycles. The van der Waals surface area contributed by atoms with E-state index < -0.39 is 60.6 Å². The van der Waals surface area contributed by atoms with Crippen LogP contribution in [0.4, 0.5) is 79.0 Å². The highest BCUT2D eigenvalue weighted by Gasteiger charge is 2.78. The maximum Gasteiger partial charge on any atom is 0.465 e. The van der Waals surface area contributed by atoms with Gasteiger partial charge in [0, 0.05) is 0 Å². The van der Waals surface area contributed by atoms with Crippen LogP contribution in [0.5, 0.6) is 0 Å². The van der Waals surface area contributed by atoms with Crippen LogP contribution in [0.3, 0.4) is 0 Å². The zero-order valence-electron chi connectivity index (χ0n) is 14.3. The molecule has 0 spiro atoms. The lowest BCUT2D eigenvalue weighted by molar-refractivity contribution is -0.472. The fourth-order valence-corrected chi connectivity index (χ4v) is 1.04. The lowest BCUT2D eigenvalue weighted by atomic mass is 10.3. The summed E-state index contributed by atoms with van der Waals surface area (Å²) in [6.07, 6.45) is -42.7. The van der Waals surface area contributed by atoms with E-state index in [0.29, 0.717) is 0 Å². The van der Waals surface area contributed by atoms with E-state index in [4.69, 9.17) is 0 Å². The molecule has 0 rings (SSSR count). The van der Waals surface area contributed by atoms with Crippen molar-refractivity contribution >= 4 is 11.9 Å². The van der Waals surface area contributed by atoms with E-state index >= 15 is 0 Å². The Hall–Kier alpha value is -2.40. The largest absolute Gasteiger partial charge is 0.465 e. The fourth-order valence-electron chi connectivity index (χ4n) is 1.04. The quantitative estimate of drug-likeness (QED) is 0.243. The number of carbonyl (C=O) groups is 2. The van der Waals surface area contributed by atoms with Crippen LogP contribution in [0.1, 0.15) is 0 Å². The molecule has 0 aromatic heterocycles. The van der Waals surface area contributed by atoms with Crippen molar-refractivity contribution in [3.8, 4) is 0 Å². The third kappa shape index (κ3) is 6.18. The lowest BCUT2D eigenvalue weighted by Gasteiger charge is -2.29. The molecule has 0 aliphatic rings. The topological polar surface area (TPSA) is 71.1 Å². The molecule has 0 aromatic rings. The van der Waals surface area contributed by atoms with Gasteiger partial charge in [-0.2, -0.15) is 79.0 Å². The van der Waals surface area contributed by atoms with Gasteiger partial charge in [0.05, 0.1) is 0 Å². The summed E-state index contributed by atoms with van der Waals surface area (Å²) in [6.45, 7) is 0. The highest BCUT2D eigenvalue weighted by Crippen LogP contribution is 2.50. The molecule has 34 heavy (non-hydrogen) atoms. The first-order valence-corrected chi connectivity index (χ1v) is 6.70. The Labute approximate surface area is 170 Å². The van der Waals surface area contributed by atoms with Crippen molar-refractivity contribution in [2.75, 3.05) is 0 Å². The van der Waals surface area contributed by atoms with E-state index in [1.165, 1.54) is 0 Å². The molecule has 202 valence electrons. The number of carbonyl (C=O) groups excluding carboxylic acids is 2. The average molecular weight is 558 g/mol. The minimum Gasteiger partial charge on any atom is -0.241 e. The first kappa shape index (κ1) is 31.6. The van der Waals surface area contributed by atoms with Gasteiger partial charge in [-0.15, -0.1) is 0 Å². The van der Waals surface area contributed by atoms with E-state index in [2.05, 4.69) is 9.78 Å². The summed E-state index contributed by atoms with van der Waals surface area (Å²) in [4.78, 5) is 25.6. The summed E-state index contributed by atoms with van der Waals surface area (Å²) in [5, 5.41) is 0. The molecule has 0 fully saturated rings. The predicted octanol–water partition coefficient (Wildman–Crippen LogP) is 4.79. The van der Waals surface area contributed by atoms with Crippen LogP contribution in [0.25, 0.3) is 0 Å². The van der Waals surface area contributed by atoms with E-state index in [9.17, 15) is 88.6 Å². The summed E-state index contributed by atoms with van der Waals surface area (Å²) in [5.41, 5.74) is 0. The van der Waals surface area contributed by atoms with E-state index in [0.717, 1.165) is 0 Å². The zero-order valence-corrected chi connectivity index (χ0v) is 14.3. The molecule has 24 heteroatoms. The Morgan fingerprint density at radius 3 is 0.794 bits per heavy atom. The highest BCUT2D eigenvalue weighted by atomic mass is 19.4. The first-order chi connectivity index (χ1) is 14.5. The van der Waals surface area contributed by atoms with Crippen molar-refractivity contribution in [3.05, 3.63) is 0 Å². The van der Waals surface area contributed by atoms with Crippen LogP contribution in [0, 0.1) is 0 Å². The smallest absolute Gasteiger partial charge is 0.241 e. The Morgan fingerprint density at radius 1 is 0.412 bits per heavy atom. The Kier molecular flexibility index (Phi) is 8.06. The summed E-state index contributed by atoms with van der Waals surface area (Å²) in [6, 6.07) is 0. The van der Waals surface area contributed by atoms with Crippen molar-refractivity contribution in [1.82, 2.24) is 0 Å². The van der Waals surface area contributed by atoms with Gasteiger partial charge in [0.1, 0.15) is 0 Å². The second kappa shape index (κ2) is 8.67. The number of hydrogen-bond acceptors (Lipinski definition) is 6. The zero-order chi connectivity index (χ0) is 28.0. The number of halogens is 18. The van der Waals surface area contributed by atoms with Crippen molar-refractivity contribution in [3.63, 3.8) is 0 Å². The van der Waals surface area contributed by atoms with Crippen molar-refractivity contribution in [1.29, 1.82) is 0 Å². The third-order valence-electron chi connectivity index (χ3n) is 2.62. The summed E-state index contributed by atoms with van der Waals surface area (Å²) >= 11 is 0. The van der Waals surface area contributed by atoms with Crippen LogP contribution >= 0.6 is 0 Å². The van der Waals surface area contributed by atoms with Crippen LogP contribution in [-0.4, -0.2) is 60.6 Å². The maximum absolute atomic E-state index is 12.9. The van der Waals surface area contributed by atoms with Gasteiger partial charge < -0.3 is 0 Å². The molecule has 0 amide bonds. The monoisotopic (exact) mass is 558 g/mol. The normalized spacial score (nSPS) is 15.2. The minimum atomic E-state index is -7.46. The minimum absolute atomic E-state index is 1.59. The van der Waals surface area contributed by atoms with Gasteiger partial charge >= 0.3 is 60.6 Å². The third-order valence-corrected chi connectivity index (χ3v) is 2.62. The van der Waals surface area contributed by atoms with E-state index in [1.54, 1.807) is 9.47 Å². The van der Waals surface area contributed by atoms with Gasteiger partial charge in [0.2, 0.25) is 0 Å². The van der Waals surface area contributed by atoms with Crippen molar-refractivity contribution in [2.45, 2.75) is 48.6 Å². The van der Waals surface area contributed by atoms with Gasteiger partial charge in [-0.25, -0.2) is 28.8 Å². The van der Waals surface area contributed by atoms with Gasteiger partial charge in [0.25, 0.3) is 0 Å². The standard InChI is InChI=1S/C10F18O6/c11-3(12,33-9(25,26)5(15,16)7(19,20)21)1(29)31-32-2(30)4(13,14)34-10(27,28)6(17,18)8(22,23)24. The molecule has 0 aliphatic carbocycles. The Morgan fingerprint density at radius 2 is 0.618 bits per heavy atom. The molecule has 0 unspecified atom stereocenters. The number of alkyl halides is 18. The molecule has 0 atom stereocenters. The lowest BCUT2D eigenvalue weighted by Crippen LogP contribution is -2.57. The van der Waals surface area contributed by atoms with Gasteiger partial charge in [-0.3, -0.25) is 0 Å². The van der Waals surface area contributed by atoms with Crippen molar-refractivity contribution < 1.29 is 108 Å².